The highest BCUT2D eigenvalue weighted by atomic mass is 32.2. The zero-order valence-electron chi connectivity index (χ0n) is 22.3. The summed E-state index contributed by atoms with van der Waals surface area (Å²) in [6, 6.07) is 6.09. The topological polar surface area (TPSA) is 118 Å². The van der Waals surface area contributed by atoms with Gasteiger partial charge in [0.05, 0.1) is 34.7 Å². The van der Waals surface area contributed by atoms with Crippen LogP contribution in [-0.4, -0.2) is 89.5 Å². The van der Waals surface area contributed by atoms with Gasteiger partial charge in [0.25, 0.3) is 0 Å². The summed E-state index contributed by atoms with van der Waals surface area (Å²) in [6.07, 6.45) is 4.32. The van der Waals surface area contributed by atoms with Gasteiger partial charge in [0, 0.05) is 11.8 Å². The Morgan fingerprint density at radius 2 is 2.10 bits per heavy atom. The number of amides is 2. The highest BCUT2D eigenvalue weighted by Crippen LogP contribution is 2.69. The van der Waals surface area contributed by atoms with Crippen LogP contribution in [0.15, 0.2) is 49.6 Å². The SMILES string of the molecule is C=CCOC(=O)[C@@H]1[C@@H]2CC(C)C3(S2)C(C(=O)N(CC=C)Cn2nnc4ccccc42)N([C@@H](CC)CO)C(=O)[C@H]13. The summed E-state index contributed by atoms with van der Waals surface area (Å²) in [5.74, 6) is -2.30. The van der Waals surface area contributed by atoms with Crippen LogP contribution in [0.2, 0.25) is 0 Å². The number of nitrogens with zero attached hydrogens (tertiary/aromatic N) is 5. The Bertz CT molecular complexity index is 1290. The molecule has 7 atom stereocenters. The highest BCUT2D eigenvalue weighted by molar-refractivity contribution is 8.02. The monoisotopic (exact) mass is 553 g/mol. The lowest BCUT2D eigenvalue weighted by atomic mass is 9.66. The molecule has 10 nitrogen and oxygen atoms in total. The van der Waals surface area contributed by atoms with Crippen molar-refractivity contribution in [2.24, 2.45) is 17.8 Å². The fourth-order valence-electron chi connectivity index (χ4n) is 6.78. The van der Waals surface area contributed by atoms with Crippen LogP contribution in [0.4, 0.5) is 0 Å². The Hall–Kier alpha value is -3.18. The van der Waals surface area contributed by atoms with Crippen molar-refractivity contribution in [1.29, 1.82) is 0 Å². The predicted molar refractivity (Wildman–Crippen MR) is 147 cm³/mol. The number of aromatic nitrogens is 3. The van der Waals surface area contributed by atoms with Gasteiger partial charge in [-0.2, -0.15) is 0 Å². The number of benzene rings is 1. The molecule has 2 aromatic rings. The number of esters is 1. The smallest absolute Gasteiger partial charge is 0.311 e. The third-order valence-electron chi connectivity index (χ3n) is 8.49. The van der Waals surface area contributed by atoms with Crippen LogP contribution in [0.1, 0.15) is 26.7 Å². The van der Waals surface area contributed by atoms with Gasteiger partial charge in [0.15, 0.2) is 0 Å². The van der Waals surface area contributed by atoms with E-state index in [1.54, 1.807) is 32.3 Å². The number of aliphatic hydroxyl groups excluding tert-OH is 1. The van der Waals surface area contributed by atoms with Gasteiger partial charge in [-0.15, -0.1) is 23.4 Å². The standard InChI is InChI=1S/C28H35N5O5S/c1-5-12-31(16-32-20-11-9-8-10-19(20)29-30-32)26(36)24-28-17(4)14-21(39-28)22(27(37)38-13-6-2)23(28)25(35)33(24)18(7-3)15-34/h5-6,8-11,17-18,21-24,34H,1-2,7,12-16H2,3-4H3/t17?,18-,21-,22+,23-,24?,28?/m0/s1. The largest absolute Gasteiger partial charge is 0.461 e. The fourth-order valence-corrected chi connectivity index (χ4v) is 9.17. The van der Waals surface area contributed by atoms with Crippen LogP contribution in [-0.2, 0) is 25.8 Å². The molecule has 1 N–H and O–H groups in total. The van der Waals surface area contributed by atoms with Gasteiger partial charge in [-0.1, -0.05) is 49.9 Å². The molecule has 3 aliphatic heterocycles. The molecule has 3 aliphatic rings. The van der Waals surface area contributed by atoms with Gasteiger partial charge >= 0.3 is 5.97 Å². The maximum absolute atomic E-state index is 14.6. The minimum absolute atomic E-state index is 0.00201. The Kier molecular flexibility index (Phi) is 7.56. The molecule has 3 unspecified atom stereocenters. The first-order valence-corrected chi connectivity index (χ1v) is 14.3. The maximum atomic E-state index is 14.6. The second-order valence-electron chi connectivity index (χ2n) is 10.5. The molecular formula is C28H35N5O5S. The summed E-state index contributed by atoms with van der Waals surface area (Å²) in [7, 11) is 0. The van der Waals surface area contributed by atoms with Gasteiger partial charge in [-0.05, 0) is 30.9 Å². The lowest BCUT2D eigenvalue weighted by Crippen LogP contribution is -2.59. The van der Waals surface area contributed by atoms with Crippen molar-refractivity contribution in [3.05, 3.63) is 49.6 Å². The van der Waals surface area contributed by atoms with Crippen LogP contribution in [0.5, 0.6) is 0 Å². The lowest BCUT2D eigenvalue weighted by Gasteiger charge is -2.41. The number of aliphatic hydroxyl groups is 1. The van der Waals surface area contributed by atoms with Crippen molar-refractivity contribution in [3.8, 4) is 0 Å². The van der Waals surface area contributed by atoms with Crippen LogP contribution < -0.4 is 0 Å². The van der Waals surface area contributed by atoms with Crippen LogP contribution >= 0.6 is 11.8 Å². The van der Waals surface area contributed by atoms with Crippen molar-refractivity contribution in [2.45, 2.75) is 55.4 Å². The van der Waals surface area contributed by atoms with Gasteiger partial charge < -0.3 is 19.6 Å². The third kappa shape index (κ3) is 4.17. The normalized spacial score (nSPS) is 29.9. The maximum Gasteiger partial charge on any atom is 0.311 e. The van der Waals surface area contributed by atoms with Crippen molar-refractivity contribution in [1.82, 2.24) is 24.8 Å². The first-order valence-electron chi connectivity index (χ1n) is 13.4. The molecule has 39 heavy (non-hydrogen) atoms. The minimum Gasteiger partial charge on any atom is -0.461 e. The molecule has 0 saturated carbocycles. The van der Waals surface area contributed by atoms with E-state index in [4.69, 9.17) is 4.74 Å². The number of likely N-dealkylation sites (tertiary alicyclic amines) is 1. The number of hydrogen-bond acceptors (Lipinski definition) is 8. The molecule has 3 saturated heterocycles. The first kappa shape index (κ1) is 27.4. The van der Waals surface area contributed by atoms with Gasteiger partial charge in [0.2, 0.25) is 11.8 Å². The molecule has 0 aliphatic carbocycles. The molecule has 0 radical (unpaired) electrons. The summed E-state index contributed by atoms with van der Waals surface area (Å²) in [4.78, 5) is 45.2. The van der Waals surface area contributed by atoms with Crippen LogP contribution in [0.25, 0.3) is 11.0 Å². The molecule has 11 heteroatoms. The van der Waals surface area contributed by atoms with E-state index < -0.39 is 34.6 Å². The number of carbonyl (C=O) groups is 3. The lowest BCUT2D eigenvalue weighted by molar-refractivity contribution is -0.154. The van der Waals surface area contributed by atoms with Gasteiger partial charge in [-0.25, -0.2) is 4.68 Å². The average molecular weight is 554 g/mol. The van der Waals surface area contributed by atoms with E-state index in [0.717, 1.165) is 5.52 Å². The summed E-state index contributed by atoms with van der Waals surface area (Å²) >= 11 is 1.58. The van der Waals surface area contributed by atoms with E-state index in [9.17, 15) is 19.5 Å². The van der Waals surface area contributed by atoms with Crippen molar-refractivity contribution >= 4 is 40.6 Å². The summed E-state index contributed by atoms with van der Waals surface area (Å²) < 4.78 is 6.28. The molecule has 4 heterocycles. The van der Waals surface area contributed by atoms with Crippen LogP contribution in [0.3, 0.4) is 0 Å². The number of hydrogen-bond donors (Lipinski definition) is 1. The highest BCUT2D eigenvalue weighted by Gasteiger charge is 2.77. The quantitative estimate of drug-likeness (QED) is 0.333. The number of fused-ring (bicyclic) bond motifs is 2. The van der Waals surface area contributed by atoms with Crippen molar-refractivity contribution in [2.75, 3.05) is 19.8 Å². The van der Waals surface area contributed by atoms with Crippen molar-refractivity contribution < 1.29 is 24.2 Å². The molecule has 3 fully saturated rings. The summed E-state index contributed by atoms with van der Waals surface area (Å²) in [6.45, 7) is 11.6. The number of rotatable bonds is 11. The minimum atomic E-state index is -0.857. The Labute approximate surface area is 232 Å². The molecule has 1 aromatic heterocycles. The predicted octanol–water partition coefficient (Wildman–Crippen LogP) is 2.24. The van der Waals surface area contributed by atoms with E-state index in [2.05, 4.69) is 30.4 Å². The van der Waals surface area contributed by atoms with E-state index in [0.29, 0.717) is 18.4 Å². The van der Waals surface area contributed by atoms with Crippen molar-refractivity contribution in [3.63, 3.8) is 0 Å². The Morgan fingerprint density at radius 3 is 2.79 bits per heavy atom. The molecule has 1 aromatic carbocycles. The fraction of sp³-hybridized carbons (Fsp3) is 0.536. The zero-order valence-corrected chi connectivity index (χ0v) is 23.1. The molecule has 2 amide bonds. The summed E-state index contributed by atoms with van der Waals surface area (Å²) in [5.41, 5.74) is 1.50. The van der Waals surface area contributed by atoms with E-state index >= 15 is 0 Å². The van der Waals surface area contributed by atoms with E-state index in [1.807, 2.05) is 31.2 Å². The van der Waals surface area contributed by atoms with E-state index in [1.165, 1.54) is 6.08 Å². The average Bonchev–Trinajstić information content (AvgIpc) is 3.65. The molecular weight excluding hydrogens is 518 g/mol. The molecule has 208 valence electrons. The van der Waals surface area contributed by atoms with Crippen LogP contribution in [0, 0.1) is 17.8 Å². The second-order valence-corrected chi connectivity index (χ2v) is 12.1. The Morgan fingerprint density at radius 1 is 1.33 bits per heavy atom. The molecule has 5 rings (SSSR count). The second kappa shape index (κ2) is 10.8. The number of carbonyl (C=O) groups excluding carboxylic acids is 3. The number of thioether (sulfide) groups is 1. The van der Waals surface area contributed by atoms with E-state index in [-0.39, 0.29) is 49.4 Å². The first-order chi connectivity index (χ1) is 18.8. The number of para-hydroxylation sites is 1. The summed E-state index contributed by atoms with van der Waals surface area (Å²) in [5, 5.41) is 18.6. The zero-order chi connectivity index (χ0) is 27.9. The number of ether oxygens (including phenoxy) is 1. The van der Waals surface area contributed by atoms with Gasteiger partial charge in [-0.3, -0.25) is 14.4 Å². The molecule has 2 bridgehead atoms. The van der Waals surface area contributed by atoms with Gasteiger partial charge in [0.1, 0.15) is 24.8 Å². The molecule has 1 spiro atoms. The third-order valence-corrected chi connectivity index (χ3v) is 10.6. The Balaban J connectivity index is 1.57.